The SMILES string of the molecule is CCCN(CC1CCCCO1)c1nc(C(C)(C)C)ns1. The van der Waals surface area contributed by atoms with E-state index in [4.69, 9.17) is 9.72 Å². The minimum atomic E-state index is 0.0218. The molecule has 114 valence electrons. The fourth-order valence-corrected chi connectivity index (χ4v) is 3.27. The maximum atomic E-state index is 5.87. The highest BCUT2D eigenvalue weighted by molar-refractivity contribution is 7.09. The Labute approximate surface area is 126 Å². The molecule has 5 heteroatoms. The van der Waals surface area contributed by atoms with Gasteiger partial charge in [-0.3, -0.25) is 0 Å². The summed E-state index contributed by atoms with van der Waals surface area (Å²) >= 11 is 1.52. The smallest absolute Gasteiger partial charge is 0.205 e. The third kappa shape index (κ3) is 4.16. The largest absolute Gasteiger partial charge is 0.376 e. The topological polar surface area (TPSA) is 38.2 Å². The van der Waals surface area contributed by atoms with Gasteiger partial charge in [0.05, 0.1) is 6.10 Å². The molecule has 0 amide bonds. The van der Waals surface area contributed by atoms with E-state index in [0.29, 0.717) is 6.10 Å². The summed E-state index contributed by atoms with van der Waals surface area (Å²) in [5.41, 5.74) is 0.0218. The lowest BCUT2D eigenvalue weighted by Gasteiger charge is -2.29. The molecule has 1 aromatic heterocycles. The highest BCUT2D eigenvalue weighted by Crippen LogP contribution is 2.26. The lowest BCUT2D eigenvalue weighted by Crippen LogP contribution is -2.36. The molecular weight excluding hydrogens is 270 g/mol. The Morgan fingerprint density at radius 3 is 2.70 bits per heavy atom. The van der Waals surface area contributed by atoms with E-state index in [0.717, 1.165) is 37.1 Å². The van der Waals surface area contributed by atoms with Crippen LogP contribution in [0.1, 0.15) is 59.2 Å². The molecule has 0 spiro atoms. The molecule has 2 rings (SSSR count). The van der Waals surface area contributed by atoms with Crippen molar-refractivity contribution in [1.29, 1.82) is 0 Å². The first kappa shape index (κ1) is 15.7. The summed E-state index contributed by atoms with van der Waals surface area (Å²) in [5.74, 6) is 0.947. The summed E-state index contributed by atoms with van der Waals surface area (Å²) in [5, 5.41) is 1.05. The van der Waals surface area contributed by atoms with Gasteiger partial charge in [0.1, 0.15) is 5.82 Å². The Morgan fingerprint density at radius 1 is 1.35 bits per heavy atom. The first-order chi connectivity index (χ1) is 9.50. The third-order valence-electron chi connectivity index (χ3n) is 3.55. The zero-order chi connectivity index (χ0) is 14.6. The molecule has 20 heavy (non-hydrogen) atoms. The van der Waals surface area contributed by atoms with Gasteiger partial charge in [-0.15, -0.1) is 0 Å². The average Bonchev–Trinajstić information content (AvgIpc) is 2.89. The van der Waals surface area contributed by atoms with Crippen LogP contribution < -0.4 is 4.90 Å². The molecule has 0 radical (unpaired) electrons. The van der Waals surface area contributed by atoms with Crippen LogP contribution in [0.2, 0.25) is 0 Å². The van der Waals surface area contributed by atoms with Crippen molar-refractivity contribution in [2.45, 2.75) is 64.9 Å². The van der Waals surface area contributed by atoms with Crippen LogP contribution in [0, 0.1) is 0 Å². The molecule has 1 saturated heterocycles. The van der Waals surface area contributed by atoms with Gasteiger partial charge in [-0.2, -0.15) is 4.37 Å². The van der Waals surface area contributed by atoms with E-state index in [-0.39, 0.29) is 5.41 Å². The van der Waals surface area contributed by atoms with Crippen molar-refractivity contribution in [1.82, 2.24) is 9.36 Å². The Morgan fingerprint density at radius 2 is 2.15 bits per heavy atom. The van der Waals surface area contributed by atoms with E-state index in [1.54, 1.807) is 0 Å². The number of nitrogens with zero attached hydrogens (tertiary/aromatic N) is 3. The van der Waals surface area contributed by atoms with E-state index in [1.807, 2.05) is 0 Å². The van der Waals surface area contributed by atoms with Crippen LogP contribution in [0.25, 0.3) is 0 Å². The predicted molar refractivity (Wildman–Crippen MR) is 84.7 cm³/mol. The van der Waals surface area contributed by atoms with Gasteiger partial charge in [-0.05, 0) is 25.7 Å². The van der Waals surface area contributed by atoms with Crippen LogP contribution in [0.4, 0.5) is 5.13 Å². The monoisotopic (exact) mass is 297 g/mol. The lowest BCUT2D eigenvalue weighted by molar-refractivity contribution is 0.0210. The van der Waals surface area contributed by atoms with E-state index >= 15 is 0 Å². The number of hydrogen-bond acceptors (Lipinski definition) is 5. The summed E-state index contributed by atoms with van der Waals surface area (Å²) in [6, 6.07) is 0. The van der Waals surface area contributed by atoms with Gasteiger partial charge in [-0.1, -0.05) is 27.7 Å². The molecule has 0 aromatic carbocycles. The van der Waals surface area contributed by atoms with Crippen LogP contribution in [-0.2, 0) is 10.2 Å². The Bertz CT molecular complexity index is 407. The lowest BCUT2D eigenvalue weighted by atomic mass is 9.96. The fourth-order valence-electron chi connectivity index (χ4n) is 2.38. The number of hydrogen-bond donors (Lipinski definition) is 0. The van der Waals surface area contributed by atoms with Crippen molar-refractivity contribution in [2.24, 2.45) is 0 Å². The standard InChI is InChI=1S/C15H27N3OS/c1-5-9-18(11-12-8-6-7-10-19-12)14-16-13(17-20-14)15(2,3)4/h12H,5-11H2,1-4H3. The van der Waals surface area contributed by atoms with Crippen molar-refractivity contribution in [3.63, 3.8) is 0 Å². The van der Waals surface area contributed by atoms with Gasteiger partial charge < -0.3 is 9.64 Å². The second-order valence-corrected chi connectivity index (χ2v) is 7.32. The van der Waals surface area contributed by atoms with Crippen LogP contribution in [0.3, 0.4) is 0 Å². The van der Waals surface area contributed by atoms with E-state index in [1.165, 1.54) is 30.8 Å². The molecule has 0 aliphatic carbocycles. The molecule has 1 fully saturated rings. The van der Waals surface area contributed by atoms with Crippen molar-refractivity contribution in [2.75, 3.05) is 24.6 Å². The summed E-state index contributed by atoms with van der Waals surface area (Å²) < 4.78 is 10.4. The minimum Gasteiger partial charge on any atom is -0.376 e. The average molecular weight is 297 g/mol. The first-order valence-corrected chi connectivity index (χ1v) is 8.48. The molecule has 1 aliphatic rings. The molecule has 1 aliphatic heterocycles. The molecule has 0 N–H and O–H groups in total. The maximum absolute atomic E-state index is 5.87. The van der Waals surface area contributed by atoms with E-state index in [2.05, 4.69) is 37.0 Å². The summed E-state index contributed by atoms with van der Waals surface area (Å²) in [4.78, 5) is 7.09. The van der Waals surface area contributed by atoms with Crippen LogP contribution in [0.15, 0.2) is 0 Å². The second-order valence-electron chi connectivity index (χ2n) is 6.59. The highest BCUT2D eigenvalue weighted by Gasteiger charge is 2.23. The number of ether oxygens (including phenoxy) is 1. The van der Waals surface area contributed by atoms with Crippen molar-refractivity contribution in [3.8, 4) is 0 Å². The summed E-state index contributed by atoms with van der Waals surface area (Å²) in [7, 11) is 0. The van der Waals surface area contributed by atoms with Crippen molar-refractivity contribution in [3.05, 3.63) is 5.82 Å². The van der Waals surface area contributed by atoms with Crippen molar-refractivity contribution >= 4 is 16.7 Å². The highest BCUT2D eigenvalue weighted by atomic mass is 32.1. The Hall–Kier alpha value is -0.680. The van der Waals surface area contributed by atoms with E-state index < -0.39 is 0 Å². The van der Waals surface area contributed by atoms with Gasteiger partial charge in [0.25, 0.3) is 0 Å². The van der Waals surface area contributed by atoms with Gasteiger partial charge in [-0.25, -0.2) is 4.98 Å². The zero-order valence-corrected chi connectivity index (χ0v) is 14.0. The second kappa shape index (κ2) is 6.85. The van der Waals surface area contributed by atoms with Crippen LogP contribution in [-0.4, -0.2) is 35.2 Å². The zero-order valence-electron chi connectivity index (χ0n) is 13.2. The number of aromatic nitrogens is 2. The molecule has 0 bridgehead atoms. The van der Waals surface area contributed by atoms with Crippen LogP contribution >= 0.6 is 11.5 Å². The molecule has 1 unspecified atom stereocenters. The molecular formula is C15H27N3OS. The normalized spacial score (nSPS) is 20.1. The molecule has 1 atom stereocenters. The summed E-state index contributed by atoms with van der Waals surface area (Å²) in [6.45, 7) is 11.6. The third-order valence-corrected chi connectivity index (χ3v) is 4.33. The molecule has 1 aromatic rings. The predicted octanol–water partition coefficient (Wildman–Crippen LogP) is 3.62. The minimum absolute atomic E-state index is 0.0218. The molecule has 2 heterocycles. The maximum Gasteiger partial charge on any atom is 0.205 e. The Kier molecular flexibility index (Phi) is 5.38. The Balaban J connectivity index is 2.05. The van der Waals surface area contributed by atoms with Crippen LogP contribution in [0.5, 0.6) is 0 Å². The molecule has 0 saturated carbocycles. The fraction of sp³-hybridized carbons (Fsp3) is 0.867. The quantitative estimate of drug-likeness (QED) is 0.832. The summed E-state index contributed by atoms with van der Waals surface area (Å²) in [6.07, 6.45) is 5.14. The first-order valence-electron chi connectivity index (χ1n) is 7.71. The van der Waals surface area contributed by atoms with Gasteiger partial charge in [0.15, 0.2) is 0 Å². The number of rotatable bonds is 5. The van der Waals surface area contributed by atoms with E-state index in [9.17, 15) is 0 Å². The number of anilines is 1. The van der Waals surface area contributed by atoms with Crippen molar-refractivity contribution < 1.29 is 4.74 Å². The van der Waals surface area contributed by atoms with Gasteiger partial charge in [0, 0.05) is 36.6 Å². The van der Waals surface area contributed by atoms with Gasteiger partial charge in [0.2, 0.25) is 5.13 Å². The van der Waals surface area contributed by atoms with Gasteiger partial charge >= 0.3 is 0 Å². The molecule has 4 nitrogen and oxygen atoms in total.